The average molecular weight is 241 g/mol. The number of rotatable bonds is 4. The molecule has 0 aliphatic heterocycles. The van der Waals surface area contributed by atoms with Crippen LogP contribution in [0.2, 0.25) is 0 Å². The molecule has 1 unspecified atom stereocenters. The molecule has 0 amide bonds. The molecule has 0 aliphatic rings. The van der Waals surface area contributed by atoms with Crippen LogP contribution in [0, 0.1) is 0 Å². The molecule has 3 nitrogen and oxygen atoms in total. The van der Waals surface area contributed by atoms with Crippen LogP contribution in [0.4, 0.5) is 0 Å². The van der Waals surface area contributed by atoms with Gasteiger partial charge >= 0.3 is 0 Å². The Morgan fingerprint density at radius 2 is 1.53 bits per heavy atom. The third-order valence-corrected chi connectivity index (χ3v) is 3.37. The van der Waals surface area contributed by atoms with E-state index in [0.29, 0.717) is 0 Å². The lowest BCUT2D eigenvalue weighted by Gasteiger charge is -2.10. The van der Waals surface area contributed by atoms with Crippen LogP contribution in [0.5, 0.6) is 0 Å². The third-order valence-electron chi connectivity index (χ3n) is 2.23. The van der Waals surface area contributed by atoms with Gasteiger partial charge in [-0.05, 0) is 23.2 Å². The Hall–Kier alpha value is -1.90. The van der Waals surface area contributed by atoms with Crippen LogP contribution < -0.4 is 0 Å². The van der Waals surface area contributed by atoms with Crippen molar-refractivity contribution < 1.29 is 0 Å². The number of hydrogen-bond acceptors (Lipinski definition) is 2. The molecule has 2 aromatic rings. The van der Waals surface area contributed by atoms with Gasteiger partial charge in [0.05, 0.1) is 0 Å². The molecule has 1 atom stereocenters. The number of benzene rings is 2. The zero-order chi connectivity index (χ0) is 11.9. The summed E-state index contributed by atoms with van der Waals surface area (Å²) >= 11 is 1.55. The van der Waals surface area contributed by atoms with Crippen LogP contribution in [0.3, 0.4) is 0 Å². The van der Waals surface area contributed by atoms with Crippen molar-refractivity contribution in [3.8, 4) is 0 Å². The lowest BCUT2D eigenvalue weighted by atomic mass is 10.2. The topological polar surface area (TPSA) is 48.8 Å². The quantitative estimate of drug-likeness (QED) is 0.328. The summed E-state index contributed by atoms with van der Waals surface area (Å²) in [7, 11) is 0. The standard InChI is InChI=1S/C13H11N3S/c14-16-15-13(11-7-3-1-4-8-11)17-12-9-5-2-6-10-12/h1-10,13H. The van der Waals surface area contributed by atoms with E-state index in [-0.39, 0.29) is 5.37 Å². The third kappa shape index (κ3) is 3.28. The maximum Gasteiger partial charge on any atom is 0.113 e. The zero-order valence-corrected chi connectivity index (χ0v) is 9.92. The fourth-order valence-electron chi connectivity index (χ4n) is 1.45. The van der Waals surface area contributed by atoms with E-state index in [2.05, 4.69) is 10.0 Å². The normalized spacial score (nSPS) is 11.5. The van der Waals surface area contributed by atoms with E-state index in [9.17, 15) is 0 Å². The summed E-state index contributed by atoms with van der Waals surface area (Å²) in [5.41, 5.74) is 9.63. The van der Waals surface area contributed by atoms with Gasteiger partial charge in [0.2, 0.25) is 0 Å². The minimum Gasteiger partial charge on any atom is -0.112 e. The summed E-state index contributed by atoms with van der Waals surface area (Å²) in [6.45, 7) is 0. The van der Waals surface area contributed by atoms with Gasteiger partial charge in [-0.3, -0.25) is 0 Å². The molecule has 0 fully saturated rings. The fraction of sp³-hybridized carbons (Fsp3) is 0.0769. The molecular formula is C13H11N3S. The van der Waals surface area contributed by atoms with Gasteiger partial charge in [-0.25, -0.2) is 0 Å². The van der Waals surface area contributed by atoms with Crippen molar-refractivity contribution in [3.63, 3.8) is 0 Å². The Bertz CT molecular complexity index is 507. The van der Waals surface area contributed by atoms with Crippen molar-refractivity contribution in [3.05, 3.63) is 76.7 Å². The van der Waals surface area contributed by atoms with E-state index in [0.717, 1.165) is 10.5 Å². The van der Waals surface area contributed by atoms with Crippen LogP contribution >= 0.6 is 11.8 Å². The van der Waals surface area contributed by atoms with E-state index in [4.69, 9.17) is 5.53 Å². The molecule has 17 heavy (non-hydrogen) atoms. The number of azide groups is 1. The molecule has 0 N–H and O–H groups in total. The molecule has 0 saturated carbocycles. The molecule has 84 valence electrons. The summed E-state index contributed by atoms with van der Waals surface area (Å²) < 4.78 is 0. The van der Waals surface area contributed by atoms with Gasteiger partial charge < -0.3 is 0 Å². The monoisotopic (exact) mass is 241 g/mol. The van der Waals surface area contributed by atoms with Gasteiger partial charge in [-0.1, -0.05) is 53.6 Å². The van der Waals surface area contributed by atoms with E-state index < -0.39 is 0 Å². The highest BCUT2D eigenvalue weighted by Gasteiger charge is 2.10. The minimum absolute atomic E-state index is 0.219. The van der Waals surface area contributed by atoms with Gasteiger partial charge in [0.15, 0.2) is 0 Å². The van der Waals surface area contributed by atoms with Crippen molar-refractivity contribution in [2.45, 2.75) is 10.3 Å². The van der Waals surface area contributed by atoms with E-state index in [1.165, 1.54) is 0 Å². The smallest absolute Gasteiger partial charge is 0.112 e. The lowest BCUT2D eigenvalue weighted by molar-refractivity contribution is 1.01. The molecule has 0 radical (unpaired) electrons. The van der Waals surface area contributed by atoms with Crippen LogP contribution in [-0.2, 0) is 0 Å². The summed E-state index contributed by atoms with van der Waals surface area (Å²) in [4.78, 5) is 4.00. The van der Waals surface area contributed by atoms with Crippen molar-refractivity contribution in [2.24, 2.45) is 5.11 Å². The first-order valence-electron chi connectivity index (χ1n) is 5.21. The molecule has 0 aliphatic carbocycles. The minimum atomic E-state index is -0.219. The van der Waals surface area contributed by atoms with Crippen molar-refractivity contribution >= 4 is 11.8 Å². The first-order chi connectivity index (χ1) is 8.40. The number of hydrogen-bond donors (Lipinski definition) is 0. The summed E-state index contributed by atoms with van der Waals surface area (Å²) in [5, 5.41) is 3.61. The first kappa shape index (κ1) is 11.6. The Morgan fingerprint density at radius 1 is 0.941 bits per heavy atom. The molecule has 0 saturated heterocycles. The van der Waals surface area contributed by atoms with Crippen molar-refractivity contribution in [1.82, 2.24) is 0 Å². The predicted octanol–water partition coefficient (Wildman–Crippen LogP) is 4.79. The van der Waals surface area contributed by atoms with Crippen molar-refractivity contribution in [2.75, 3.05) is 0 Å². The highest BCUT2D eigenvalue weighted by molar-refractivity contribution is 7.99. The maximum absolute atomic E-state index is 8.62. The fourth-order valence-corrected chi connectivity index (χ4v) is 2.41. The highest BCUT2D eigenvalue weighted by atomic mass is 32.2. The second-order valence-electron chi connectivity index (χ2n) is 3.40. The van der Waals surface area contributed by atoms with Gasteiger partial charge in [-0.15, -0.1) is 11.8 Å². The maximum atomic E-state index is 8.62. The Morgan fingerprint density at radius 3 is 2.12 bits per heavy atom. The van der Waals surface area contributed by atoms with Crippen LogP contribution in [0.1, 0.15) is 10.9 Å². The zero-order valence-electron chi connectivity index (χ0n) is 9.10. The van der Waals surface area contributed by atoms with E-state index >= 15 is 0 Å². The average Bonchev–Trinajstić information content (AvgIpc) is 2.40. The number of thioether (sulfide) groups is 1. The molecular weight excluding hydrogens is 230 g/mol. The molecule has 2 aromatic carbocycles. The largest absolute Gasteiger partial charge is 0.113 e. The summed E-state index contributed by atoms with van der Waals surface area (Å²) in [6.07, 6.45) is 0. The molecule has 0 spiro atoms. The highest BCUT2D eigenvalue weighted by Crippen LogP contribution is 2.36. The first-order valence-corrected chi connectivity index (χ1v) is 6.09. The van der Waals surface area contributed by atoms with Gasteiger partial charge in [-0.2, -0.15) is 0 Å². The molecule has 2 rings (SSSR count). The van der Waals surface area contributed by atoms with Gasteiger partial charge in [0.1, 0.15) is 5.37 Å². The SMILES string of the molecule is [N-]=[N+]=NC(Sc1ccccc1)c1ccccc1. The van der Waals surface area contributed by atoms with E-state index in [1.54, 1.807) is 11.8 Å². The molecule has 0 heterocycles. The molecule has 0 bridgehead atoms. The van der Waals surface area contributed by atoms with Gasteiger partial charge in [0.25, 0.3) is 0 Å². The molecule has 0 aromatic heterocycles. The second-order valence-corrected chi connectivity index (χ2v) is 4.55. The molecule has 4 heteroatoms. The Kier molecular flexibility index (Phi) is 4.08. The summed E-state index contributed by atoms with van der Waals surface area (Å²) in [6, 6.07) is 19.7. The number of nitrogens with zero attached hydrogens (tertiary/aromatic N) is 3. The summed E-state index contributed by atoms with van der Waals surface area (Å²) in [5.74, 6) is 0. The second kappa shape index (κ2) is 5.99. The lowest BCUT2D eigenvalue weighted by Crippen LogP contribution is -1.88. The Labute approximate surface area is 104 Å². The van der Waals surface area contributed by atoms with Gasteiger partial charge in [0, 0.05) is 9.81 Å². The Balaban J connectivity index is 2.22. The van der Waals surface area contributed by atoms with E-state index in [1.807, 2.05) is 60.7 Å². The van der Waals surface area contributed by atoms with Crippen LogP contribution in [-0.4, -0.2) is 0 Å². The predicted molar refractivity (Wildman–Crippen MR) is 70.6 cm³/mol. The van der Waals surface area contributed by atoms with Crippen LogP contribution in [0.15, 0.2) is 70.7 Å². The van der Waals surface area contributed by atoms with Crippen LogP contribution in [0.25, 0.3) is 10.4 Å². The van der Waals surface area contributed by atoms with Crippen molar-refractivity contribution in [1.29, 1.82) is 0 Å².